The van der Waals surface area contributed by atoms with Gasteiger partial charge in [-0.25, -0.2) is 0 Å². The van der Waals surface area contributed by atoms with E-state index < -0.39 is 0 Å². The number of nitriles is 3. The Balaban J connectivity index is 1.11. The number of hydrogen-bond acceptors (Lipinski definition) is 5. The summed E-state index contributed by atoms with van der Waals surface area (Å²) in [5, 5.41) is 30.4. The summed E-state index contributed by atoms with van der Waals surface area (Å²) < 4.78 is 0. The largest absolute Gasteiger partial charge is 0.337 e. The van der Waals surface area contributed by atoms with Crippen molar-refractivity contribution in [2.45, 2.75) is 43.7 Å². The summed E-state index contributed by atoms with van der Waals surface area (Å²) in [7, 11) is 0. The van der Waals surface area contributed by atoms with Crippen LogP contribution in [0.25, 0.3) is 5.57 Å². The summed E-state index contributed by atoms with van der Waals surface area (Å²) in [4.78, 5) is 4.65. The van der Waals surface area contributed by atoms with E-state index in [0.29, 0.717) is 16.7 Å². The number of para-hydroxylation sites is 2. The Hall–Kier alpha value is -6.61. The van der Waals surface area contributed by atoms with Crippen LogP contribution in [0.4, 0.5) is 17.1 Å². The van der Waals surface area contributed by atoms with Crippen LogP contribution < -0.4 is 9.80 Å². The molecule has 0 amide bonds. The van der Waals surface area contributed by atoms with Crippen molar-refractivity contribution in [3.05, 3.63) is 191 Å². The summed E-state index contributed by atoms with van der Waals surface area (Å²) in [6, 6.07) is 28.2. The van der Waals surface area contributed by atoms with Gasteiger partial charge in [0, 0.05) is 40.4 Å². The highest BCUT2D eigenvalue weighted by Gasteiger charge is 2.40. The van der Waals surface area contributed by atoms with Crippen molar-refractivity contribution in [2.24, 2.45) is 5.92 Å². The number of anilines is 3. The minimum atomic E-state index is 0.0174. The number of hydrogen-bond donors (Lipinski definition) is 0. The van der Waals surface area contributed by atoms with E-state index in [9.17, 15) is 15.8 Å². The molecule has 5 aliphatic rings. The van der Waals surface area contributed by atoms with Gasteiger partial charge in [0.15, 0.2) is 0 Å². The Kier molecular flexibility index (Phi) is 8.52. The number of benzene rings is 3. The van der Waals surface area contributed by atoms with Gasteiger partial charge in [0.05, 0.1) is 41.0 Å². The second kappa shape index (κ2) is 13.6. The maximum Gasteiger partial charge on any atom is 0.101 e. The Labute approximate surface area is 306 Å². The lowest BCUT2D eigenvalue weighted by atomic mass is 9.85. The smallest absolute Gasteiger partial charge is 0.101 e. The van der Waals surface area contributed by atoms with Crippen LogP contribution in [0.3, 0.4) is 0 Å². The number of rotatable bonds is 7. The highest BCUT2D eigenvalue weighted by atomic mass is 15.2. The fourth-order valence-corrected chi connectivity index (χ4v) is 8.60. The first-order chi connectivity index (χ1) is 25.6. The molecule has 0 saturated carbocycles. The van der Waals surface area contributed by atoms with Crippen molar-refractivity contribution in [1.82, 2.24) is 0 Å². The molecule has 5 heteroatoms. The van der Waals surface area contributed by atoms with Crippen LogP contribution in [0.15, 0.2) is 163 Å². The topological polar surface area (TPSA) is 77.8 Å². The van der Waals surface area contributed by atoms with Gasteiger partial charge in [0.1, 0.15) is 6.07 Å². The van der Waals surface area contributed by atoms with Crippen molar-refractivity contribution in [1.29, 1.82) is 15.8 Å². The maximum absolute atomic E-state index is 10.4. The summed E-state index contributed by atoms with van der Waals surface area (Å²) in [5.74, 6) is 0.340. The van der Waals surface area contributed by atoms with Crippen LogP contribution in [0.2, 0.25) is 0 Å². The molecule has 5 nitrogen and oxygen atoms in total. The predicted molar refractivity (Wildman–Crippen MR) is 209 cm³/mol. The van der Waals surface area contributed by atoms with E-state index in [0.717, 1.165) is 52.3 Å². The Morgan fingerprint density at radius 1 is 0.808 bits per heavy atom. The third-order valence-electron chi connectivity index (χ3n) is 11.0. The summed E-state index contributed by atoms with van der Waals surface area (Å²) in [6.07, 6.45) is 29.0. The number of allylic oxidation sites excluding steroid dienone is 12. The van der Waals surface area contributed by atoms with Gasteiger partial charge in [-0.15, -0.1) is 6.58 Å². The SMILES string of the molecule is C=CC/C=C\C1=C(C)N(c2ccc(C3=CCC(c4cccc(C#N)c4N4c5ccccc5C5C=CC=CC54)C=C3)c(C#N)c2)C2C=CC(C#N)=CC12. The van der Waals surface area contributed by atoms with Gasteiger partial charge in [-0.1, -0.05) is 109 Å². The fraction of sp³-hybridized carbons (Fsp3) is 0.170. The van der Waals surface area contributed by atoms with E-state index in [2.05, 4.69) is 151 Å². The third-order valence-corrected chi connectivity index (χ3v) is 11.0. The minimum absolute atomic E-state index is 0.0174. The number of nitrogens with zero attached hydrogens (tertiary/aromatic N) is 5. The van der Waals surface area contributed by atoms with E-state index in [1.807, 2.05) is 30.4 Å². The molecule has 0 bridgehead atoms. The Bertz CT molecular complexity index is 2370. The molecule has 2 aliphatic heterocycles. The molecule has 3 aliphatic carbocycles. The predicted octanol–water partition coefficient (Wildman–Crippen LogP) is 10.5. The van der Waals surface area contributed by atoms with Crippen LogP contribution in [0, 0.1) is 39.9 Å². The van der Waals surface area contributed by atoms with Crippen LogP contribution in [0.1, 0.15) is 59.4 Å². The van der Waals surface area contributed by atoms with Crippen molar-refractivity contribution in [2.75, 3.05) is 9.80 Å². The van der Waals surface area contributed by atoms with Gasteiger partial charge in [-0.05, 0) is 77.9 Å². The molecule has 250 valence electrons. The second-order valence-electron chi connectivity index (χ2n) is 13.7. The molecule has 5 atom stereocenters. The highest BCUT2D eigenvalue weighted by Crippen LogP contribution is 2.51. The summed E-state index contributed by atoms with van der Waals surface area (Å²) >= 11 is 0. The molecule has 3 aromatic carbocycles. The molecular formula is C47H37N5. The van der Waals surface area contributed by atoms with Crippen molar-refractivity contribution in [3.63, 3.8) is 0 Å². The van der Waals surface area contributed by atoms with E-state index in [4.69, 9.17) is 0 Å². The normalized spacial score (nSPS) is 23.8. The molecule has 2 heterocycles. The highest BCUT2D eigenvalue weighted by molar-refractivity contribution is 5.83. The number of fused-ring (bicyclic) bond motifs is 4. The Morgan fingerprint density at radius 2 is 1.62 bits per heavy atom. The van der Waals surface area contributed by atoms with Gasteiger partial charge < -0.3 is 9.80 Å². The lowest BCUT2D eigenvalue weighted by molar-refractivity contribution is 0.680. The zero-order valence-corrected chi connectivity index (χ0v) is 29.0. The van der Waals surface area contributed by atoms with Gasteiger partial charge >= 0.3 is 0 Å². The van der Waals surface area contributed by atoms with Gasteiger partial charge in [0.2, 0.25) is 0 Å². The van der Waals surface area contributed by atoms with E-state index in [-0.39, 0.29) is 29.8 Å². The average Bonchev–Trinajstić information content (AvgIpc) is 3.68. The molecule has 0 N–H and O–H groups in total. The van der Waals surface area contributed by atoms with Crippen LogP contribution in [-0.4, -0.2) is 12.1 Å². The van der Waals surface area contributed by atoms with Crippen molar-refractivity contribution in [3.8, 4) is 18.2 Å². The molecule has 0 saturated heterocycles. The average molecular weight is 672 g/mol. The molecule has 52 heavy (non-hydrogen) atoms. The van der Waals surface area contributed by atoms with E-state index in [1.54, 1.807) is 0 Å². The molecule has 0 aromatic heterocycles. The molecule has 8 rings (SSSR count). The molecule has 0 radical (unpaired) electrons. The Morgan fingerprint density at radius 3 is 2.40 bits per heavy atom. The first kappa shape index (κ1) is 32.6. The quantitative estimate of drug-likeness (QED) is 0.234. The fourth-order valence-electron chi connectivity index (χ4n) is 8.60. The standard InChI is InChI=1S/C47H37N5/c1-3-4-5-12-38-31(2)51(46-25-18-32(28-48)26-43(38)46)37-23-24-39(36(27-37)30-50)33-19-21-34(22-20-33)40-15-10-11-35(29-49)47(40)52-44-16-8-6-13-41(44)42-14-7-9-17-45(42)52/h3,5-21,23-27,34,41,43-44,46H,1,4,22H2,2H3/b12-5-. The molecule has 3 aromatic rings. The molecule has 0 fully saturated rings. The van der Waals surface area contributed by atoms with E-state index in [1.165, 1.54) is 11.1 Å². The zero-order valence-electron chi connectivity index (χ0n) is 29.0. The van der Waals surface area contributed by atoms with E-state index >= 15 is 0 Å². The van der Waals surface area contributed by atoms with Gasteiger partial charge in [-0.2, -0.15) is 15.8 Å². The van der Waals surface area contributed by atoms with Crippen LogP contribution in [-0.2, 0) is 0 Å². The van der Waals surface area contributed by atoms with Gasteiger partial charge in [0.25, 0.3) is 0 Å². The van der Waals surface area contributed by atoms with Crippen LogP contribution in [0.5, 0.6) is 0 Å². The lowest BCUT2D eigenvalue weighted by Crippen LogP contribution is -2.32. The lowest BCUT2D eigenvalue weighted by Gasteiger charge is -2.33. The van der Waals surface area contributed by atoms with Gasteiger partial charge in [-0.3, -0.25) is 0 Å². The third kappa shape index (κ3) is 5.38. The molecule has 5 unspecified atom stereocenters. The second-order valence-corrected chi connectivity index (χ2v) is 13.7. The minimum Gasteiger partial charge on any atom is -0.337 e. The van der Waals surface area contributed by atoms with Crippen molar-refractivity contribution >= 4 is 22.6 Å². The first-order valence-corrected chi connectivity index (χ1v) is 17.8. The summed E-state index contributed by atoms with van der Waals surface area (Å²) in [5.41, 5.74) is 11.6. The maximum atomic E-state index is 10.4. The molecular weight excluding hydrogens is 635 g/mol. The van der Waals surface area contributed by atoms with Crippen LogP contribution >= 0.6 is 0 Å². The monoisotopic (exact) mass is 671 g/mol. The summed E-state index contributed by atoms with van der Waals surface area (Å²) in [6.45, 7) is 5.96. The zero-order chi connectivity index (χ0) is 35.8. The molecule has 0 spiro atoms. The first-order valence-electron chi connectivity index (χ1n) is 17.8. The van der Waals surface area contributed by atoms with Crippen molar-refractivity contribution < 1.29 is 0 Å².